The molecule has 1 aromatic heterocycles. The highest BCUT2D eigenvalue weighted by Gasteiger charge is 2.34. The summed E-state index contributed by atoms with van der Waals surface area (Å²) in [5.41, 5.74) is 8.53. The van der Waals surface area contributed by atoms with E-state index in [1.165, 1.54) is 4.90 Å². The fraction of sp³-hybridized carbons (Fsp3) is 0.150. The van der Waals surface area contributed by atoms with Gasteiger partial charge in [-0.3, -0.25) is 9.59 Å². The molecule has 130 valence electrons. The molecule has 0 unspecified atom stereocenters. The zero-order valence-corrected chi connectivity index (χ0v) is 14.6. The average Bonchev–Trinajstić information content (AvgIpc) is 2.65. The largest absolute Gasteiger partial charge is 0.368 e. The summed E-state index contributed by atoms with van der Waals surface area (Å²) in [6.07, 6.45) is 0.413. The van der Waals surface area contributed by atoms with E-state index in [4.69, 9.17) is 17.3 Å². The van der Waals surface area contributed by atoms with Gasteiger partial charge in [0.2, 0.25) is 5.91 Å². The van der Waals surface area contributed by atoms with Gasteiger partial charge in [-0.05, 0) is 29.3 Å². The van der Waals surface area contributed by atoms with Crippen molar-refractivity contribution in [3.05, 3.63) is 76.4 Å². The standard InChI is InChI=1S/C20H16ClN3O2/c21-15-7-5-12-6-8-16(23-17(12)10-15)20(26)24-11-14-4-2-1-3-13(14)9-18(24)19(22)25/h1-8,10,18H,9,11H2,(H2,22,25)/t18-/m0/s1. The third-order valence-electron chi connectivity index (χ3n) is 4.71. The van der Waals surface area contributed by atoms with Crippen LogP contribution in [0.5, 0.6) is 0 Å². The molecule has 6 heteroatoms. The van der Waals surface area contributed by atoms with Crippen LogP contribution in [0, 0.1) is 0 Å². The minimum absolute atomic E-state index is 0.269. The van der Waals surface area contributed by atoms with Crippen molar-refractivity contribution in [3.8, 4) is 0 Å². The Morgan fingerprint density at radius 2 is 1.81 bits per heavy atom. The maximum Gasteiger partial charge on any atom is 0.273 e. The molecule has 1 aliphatic heterocycles. The molecule has 2 amide bonds. The summed E-state index contributed by atoms with van der Waals surface area (Å²) in [6, 6.07) is 15.9. The molecule has 1 atom stereocenters. The zero-order valence-electron chi connectivity index (χ0n) is 13.9. The van der Waals surface area contributed by atoms with Crippen molar-refractivity contribution in [1.29, 1.82) is 0 Å². The van der Waals surface area contributed by atoms with E-state index in [1.807, 2.05) is 36.4 Å². The highest BCUT2D eigenvalue weighted by Crippen LogP contribution is 2.25. The number of halogens is 1. The fourth-order valence-electron chi connectivity index (χ4n) is 3.35. The number of rotatable bonds is 2. The van der Waals surface area contributed by atoms with E-state index in [-0.39, 0.29) is 11.6 Å². The van der Waals surface area contributed by atoms with Crippen LogP contribution in [0.3, 0.4) is 0 Å². The van der Waals surface area contributed by atoms with E-state index in [1.54, 1.807) is 18.2 Å². The number of benzene rings is 2. The van der Waals surface area contributed by atoms with Crippen LogP contribution >= 0.6 is 11.6 Å². The number of carbonyl (C=O) groups excluding carboxylic acids is 2. The smallest absolute Gasteiger partial charge is 0.273 e. The van der Waals surface area contributed by atoms with Crippen molar-refractivity contribution in [3.63, 3.8) is 0 Å². The topological polar surface area (TPSA) is 76.3 Å². The summed E-state index contributed by atoms with van der Waals surface area (Å²) in [7, 11) is 0. The molecule has 2 aromatic carbocycles. The van der Waals surface area contributed by atoms with Crippen molar-refractivity contribution < 1.29 is 9.59 Å². The highest BCUT2D eigenvalue weighted by molar-refractivity contribution is 6.31. The first-order valence-corrected chi connectivity index (χ1v) is 8.64. The summed E-state index contributed by atoms with van der Waals surface area (Å²) in [5, 5.41) is 1.44. The van der Waals surface area contributed by atoms with Gasteiger partial charge >= 0.3 is 0 Å². The van der Waals surface area contributed by atoms with Crippen LogP contribution in [0.4, 0.5) is 0 Å². The Kier molecular flexibility index (Phi) is 4.09. The molecule has 0 saturated heterocycles. The molecule has 2 heterocycles. The molecule has 1 aliphatic rings. The first-order valence-electron chi connectivity index (χ1n) is 8.26. The molecule has 3 aromatic rings. The Bertz CT molecular complexity index is 1030. The van der Waals surface area contributed by atoms with Crippen molar-refractivity contribution >= 4 is 34.3 Å². The highest BCUT2D eigenvalue weighted by atomic mass is 35.5. The molecule has 0 bridgehead atoms. The van der Waals surface area contributed by atoms with Gasteiger partial charge in [0.25, 0.3) is 5.91 Å². The van der Waals surface area contributed by atoms with Gasteiger partial charge in [0.15, 0.2) is 0 Å². The lowest BCUT2D eigenvalue weighted by Crippen LogP contribution is -2.51. The van der Waals surface area contributed by atoms with Gasteiger partial charge in [-0.2, -0.15) is 0 Å². The van der Waals surface area contributed by atoms with Crippen LogP contribution in [0.1, 0.15) is 21.6 Å². The molecule has 5 nitrogen and oxygen atoms in total. The SMILES string of the molecule is NC(=O)[C@@H]1Cc2ccccc2CN1C(=O)c1ccc2ccc(Cl)cc2n1. The van der Waals surface area contributed by atoms with Gasteiger partial charge in [0, 0.05) is 23.4 Å². The molecule has 0 aliphatic carbocycles. The van der Waals surface area contributed by atoms with Gasteiger partial charge < -0.3 is 10.6 Å². The molecule has 0 saturated carbocycles. The summed E-state index contributed by atoms with van der Waals surface area (Å²) in [5.74, 6) is -0.832. The number of fused-ring (bicyclic) bond motifs is 2. The Morgan fingerprint density at radius 3 is 2.58 bits per heavy atom. The molecular formula is C20H16ClN3O2. The summed E-state index contributed by atoms with van der Waals surface area (Å²) >= 11 is 6.02. The van der Waals surface area contributed by atoms with Crippen molar-refractivity contribution in [2.24, 2.45) is 5.73 Å². The zero-order chi connectivity index (χ0) is 18.3. The first kappa shape index (κ1) is 16.5. The van der Waals surface area contributed by atoms with Crippen LogP contribution < -0.4 is 5.73 Å². The summed E-state index contributed by atoms with van der Waals surface area (Å²) in [4.78, 5) is 31.0. The van der Waals surface area contributed by atoms with Gasteiger partial charge in [-0.1, -0.05) is 48.0 Å². The maximum atomic E-state index is 13.1. The number of nitrogens with zero attached hydrogens (tertiary/aromatic N) is 2. The molecule has 0 spiro atoms. The number of hydrogen-bond acceptors (Lipinski definition) is 3. The first-order chi connectivity index (χ1) is 12.5. The normalized spacial score (nSPS) is 16.3. The quantitative estimate of drug-likeness (QED) is 0.758. The third-order valence-corrected chi connectivity index (χ3v) is 4.95. The Morgan fingerprint density at radius 1 is 1.08 bits per heavy atom. The maximum absolute atomic E-state index is 13.1. The Balaban J connectivity index is 1.73. The molecule has 0 radical (unpaired) electrons. The lowest BCUT2D eigenvalue weighted by molar-refractivity contribution is -0.122. The van der Waals surface area contributed by atoms with E-state index in [0.717, 1.165) is 16.5 Å². The number of hydrogen-bond donors (Lipinski definition) is 1. The van der Waals surface area contributed by atoms with E-state index < -0.39 is 11.9 Å². The second-order valence-electron chi connectivity index (χ2n) is 6.36. The lowest BCUT2D eigenvalue weighted by atomic mass is 9.93. The molecule has 0 fully saturated rings. The second kappa shape index (κ2) is 6.42. The molecule has 4 rings (SSSR count). The van der Waals surface area contributed by atoms with Crippen molar-refractivity contribution in [2.45, 2.75) is 19.0 Å². The fourth-order valence-corrected chi connectivity index (χ4v) is 3.51. The Labute approximate surface area is 155 Å². The van der Waals surface area contributed by atoms with E-state index in [0.29, 0.717) is 23.5 Å². The van der Waals surface area contributed by atoms with Crippen molar-refractivity contribution in [2.75, 3.05) is 0 Å². The van der Waals surface area contributed by atoms with Crippen LogP contribution in [0.25, 0.3) is 10.9 Å². The van der Waals surface area contributed by atoms with E-state index in [2.05, 4.69) is 4.98 Å². The predicted octanol–water partition coefficient (Wildman–Crippen LogP) is 2.94. The molecule has 26 heavy (non-hydrogen) atoms. The number of pyridine rings is 1. The minimum atomic E-state index is -0.686. The minimum Gasteiger partial charge on any atom is -0.368 e. The monoisotopic (exact) mass is 365 g/mol. The third kappa shape index (κ3) is 2.91. The van der Waals surface area contributed by atoms with Crippen LogP contribution in [0.2, 0.25) is 5.02 Å². The summed E-state index contributed by atoms with van der Waals surface area (Å²) in [6.45, 7) is 0.331. The molecular weight excluding hydrogens is 350 g/mol. The van der Waals surface area contributed by atoms with Crippen LogP contribution in [-0.2, 0) is 17.8 Å². The van der Waals surface area contributed by atoms with E-state index in [9.17, 15) is 9.59 Å². The van der Waals surface area contributed by atoms with Gasteiger partial charge in [-0.15, -0.1) is 0 Å². The predicted molar refractivity (Wildman–Crippen MR) is 99.8 cm³/mol. The number of primary amides is 1. The van der Waals surface area contributed by atoms with Crippen LogP contribution in [0.15, 0.2) is 54.6 Å². The molecule has 2 N–H and O–H groups in total. The lowest BCUT2D eigenvalue weighted by Gasteiger charge is -2.34. The number of amides is 2. The number of nitrogens with two attached hydrogens (primary N) is 1. The van der Waals surface area contributed by atoms with Gasteiger partial charge in [0.1, 0.15) is 11.7 Å². The average molecular weight is 366 g/mol. The van der Waals surface area contributed by atoms with Gasteiger partial charge in [-0.25, -0.2) is 4.98 Å². The Hall–Kier alpha value is -2.92. The van der Waals surface area contributed by atoms with Gasteiger partial charge in [0.05, 0.1) is 5.52 Å². The summed E-state index contributed by atoms with van der Waals surface area (Å²) < 4.78 is 0. The van der Waals surface area contributed by atoms with Crippen molar-refractivity contribution in [1.82, 2.24) is 9.88 Å². The van der Waals surface area contributed by atoms with E-state index >= 15 is 0 Å². The number of aromatic nitrogens is 1. The van der Waals surface area contributed by atoms with Crippen LogP contribution in [-0.4, -0.2) is 27.7 Å². The number of carbonyl (C=O) groups is 2. The second-order valence-corrected chi connectivity index (χ2v) is 6.79.